The third-order valence-corrected chi connectivity index (χ3v) is 14.2. The van der Waals surface area contributed by atoms with Crippen LogP contribution in [0.1, 0.15) is 53.5 Å². The molecule has 334 valence electrons. The lowest BCUT2D eigenvalue weighted by atomic mass is 9.67. The van der Waals surface area contributed by atoms with Crippen LogP contribution >= 0.6 is 0 Å². The first-order valence-corrected chi connectivity index (χ1v) is 24.6. The van der Waals surface area contributed by atoms with E-state index in [-0.39, 0.29) is 0 Å². The minimum absolute atomic E-state index is 0.291. The molecule has 12 rings (SSSR count). The van der Waals surface area contributed by atoms with Gasteiger partial charge < -0.3 is 9.64 Å². The molecule has 0 aliphatic heterocycles. The van der Waals surface area contributed by atoms with Crippen molar-refractivity contribution < 1.29 is 4.74 Å². The molecular formula is C68H51NO. The van der Waals surface area contributed by atoms with Crippen LogP contribution < -0.4 is 9.64 Å². The zero-order valence-electron chi connectivity index (χ0n) is 39.0. The molecule has 3 aliphatic carbocycles. The fourth-order valence-electron chi connectivity index (χ4n) is 10.9. The molecule has 1 atom stereocenters. The lowest BCUT2D eigenvalue weighted by molar-refractivity contribution is 0.484. The Morgan fingerprint density at radius 1 is 0.486 bits per heavy atom. The van der Waals surface area contributed by atoms with E-state index in [1.807, 2.05) is 42.5 Å². The van der Waals surface area contributed by atoms with Gasteiger partial charge in [-0.2, -0.15) is 0 Å². The molecule has 0 N–H and O–H groups in total. The Hall–Kier alpha value is -8.64. The standard InChI is InChI=1S/C68H51NO/c1-6-21-49(22-7-1)52-25-16-17-26-53(45-52)51-37-40-58(41-38-51)69(59-32-20-27-54(46-59)50-23-8-2-9-24-50)60-42-44-64-63-43-39-55(62-35-18-19-36-67(62)70-61-33-14-5-15-34-61)47-65(63)68(66(64)48-60,56-28-10-3-11-29-56)57-30-12-4-13-31-57/h2-6,8-16,18-25,27-38,40-42,44-48,52H,1,7,17,26H2. The molecule has 0 radical (unpaired) electrons. The summed E-state index contributed by atoms with van der Waals surface area (Å²) in [5.74, 6) is 1.85. The van der Waals surface area contributed by atoms with Crippen molar-refractivity contribution in [3.05, 3.63) is 300 Å². The lowest BCUT2D eigenvalue weighted by Crippen LogP contribution is -2.28. The monoisotopic (exact) mass is 897 g/mol. The molecule has 1 unspecified atom stereocenters. The number of nitrogens with zero attached hydrogens (tertiary/aromatic N) is 1. The summed E-state index contributed by atoms with van der Waals surface area (Å²) >= 11 is 0. The van der Waals surface area contributed by atoms with E-state index in [0.29, 0.717) is 5.92 Å². The molecule has 0 heterocycles. The van der Waals surface area contributed by atoms with E-state index < -0.39 is 5.41 Å². The van der Waals surface area contributed by atoms with Crippen LogP contribution in [0.25, 0.3) is 39.0 Å². The Kier molecular flexibility index (Phi) is 11.5. The third-order valence-electron chi connectivity index (χ3n) is 14.2. The maximum Gasteiger partial charge on any atom is 0.135 e. The van der Waals surface area contributed by atoms with Gasteiger partial charge in [0.2, 0.25) is 0 Å². The quantitative estimate of drug-likeness (QED) is 0.120. The summed E-state index contributed by atoms with van der Waals surface area (Å²) in [5, 5.41) is 0. The number of anilines is 3. The van der Waals surface area contributed by atoms with Gasteiger partial charge in [-0.25, -0.2) is 0 Å². The van der Waals surface area contributed by atoms with Crippen molar-refractivity contribution in [2.75, 3.05) is 4.90 Å². The van der Waals surface area contributed by atoms with E-state index in [9.17, 15) is 0 Å². The van der Waals surface area contributed by atoms with Crippen molar-refractivity contribution in [3.63, 3.8) is 0 Å². The van der Waals surface area contributed by atoms with Crippen molar-refractivity contribution in [1.82, 2.24) is 0 Å². The molecule has 9 aromatic carbocycles. The van der Waals surface area contributed by atoms with Crippen molar-refractivity contribution in [3.8, 4) is 44.9 Å². The minimum Gasteiger partial charge on any atom is -0.457 e. The Bertz CT molecular complexity index is 3400. The number of fused-ring (bicyclic) bond motifs is 3. The second-order valence-corrected chi connectivity index (χ2v) is 18.4. The molecular weight excluding hydrogens is 847 g/mol. The first-order chi connectivity index (χ1) is 34.7. The predicted molar refractivity (Wildman–Crippen MR) is 290 cm³/mol. The fraction of sp³-hybridized carbons (Fsp3) is 0.0882. The van der Waals surface area contributed by atoms with Crippen LogP contribution in [-0.2, 0) is 5.41 Å². The highest BCUT2D eigenvalue weighted by atomic mass is 16.5. The number of allylic oxidation sites excluding steroid dienone is 8. The van der Waals surface area contributed by atoms with Gasteiger partial charge in [0.05, 0.1) is 5.41 Å². The number of hydrogen-bond acceptors (Lipinski definition) is 2. The van der Waals surface area contributed by atoms with Crippen molar-refractivity contribution in [1.29, 1.82) is 0 Å². The average molecular weight is 898 g/mol. The molecule has 0 spiro atoms. The molecule has 70 heavy (non-hydrogen) atoms. The van der Waals surface area contributed by atoms with Crippen LogP contribution in [0.5, 0.6) is 11.5 Å². The van der Waals surface area contributed by atoms with Gasteiger partial charge in [0.15, 0.2) is 0 Å². The Morgan fingerprint density at radius 3 is 1.90 bits per heavy atom. The number of hydrogen-bond donors (Lipinski definition) is 0. The molecule has 0 saturated carbocycles. The van der Waals surface area contributed by atoms with Crippen molar-refractivity contribution >= 4 is 22.6 Å². The summed E-state index contributed by atoms with van der Waals surface area (Å²) < 4.78 is 6.56. The summed E-state index contributed by atoms with van der Waals surface area (Å²) in [5.41, 5.74) is 17.8. The average Bonchev–Trinajstić information content (AvgIpc) is 3.52. The molecule has 2 heteroatoms. The molecule has 9 aromatic rings. The zero-order chi connectivity index (χ0) is 46.7. The first kappa shape index (κ1) is 42.7. The van der Waals surface area contributed by atoms with Gasteiger partial charge in [-0.05, 0) is 148 Å². The summed E-state index contributed by atoms with van der Waals surface area (Å²) in [7, 11) is 0. The summed E-state index contributed by atoms with van der Waals surface area (Å²) in [6.45, 7) is 0. The van der Waals surface area contributed by atoms with Crippen molar-refractivity contribution in [2.45, 2.75) is 31.1 Å². The van der Waals surface area contributed by atoms with Gasteiger partial charge in [0.25, 0.3) is 0 Å². The van der Waals surface area contributed by atoms with E-state index >= 15 is 0 Å². The Balaban J connectivity index is 1.03. The van der Waals surface area contributed by atoms with Crippen LogP contribution in [-0.4, -0.2) is 0 Å². The molecule has 0 amide bonds. The van der Waals surface area contributed by atoms with Crippen LogP contribution in [0.2, 0.25) is 0 Å². The van der Waals surface area contributed by atoms with Crippen LogP contribution in [0.15, 0.2) is 260 Å². The topological polar surface area (TPSA) is 12.5 Å². The molecule has 0 bridgehead atoms. The highest BCUT2D eigenvalue weighted by molar-refractivity contribution is 5.91. The minimum atomic E-state index is -0.695. The van der Waals surface area contributed by atoms with Crippen molar-refractivity contribution in [2.24, 2.45) is 5.92 Å². The summed E-state index contributed by atoms with van der Waals surface area (Å²) in [4.78, 5) is 2.43. The highest BCUT2D eigenvalue weighted by Gasteiger charge is 2.47. The van der Waals surface area contributed by atoms with E-state index in [1.54, 1.807) is 0 Å². The number of para-hydroxylation sites is 2. The largest absolute Gasteiger partial charge is 0.457 e. The van der Waals surface area contributed by atoms with Gasteiger partial charge >= 0.3 is 0 Å². The van der Waals surface area contributed by atoms with Gasteiger partial charge in [0, 0.05) is 39.7 Å². The maximum atomic E-state index is 6.56. The molecule has 2 nitrogen and oxygen atoms in total. The second kappa shape index (κ2) is 18.8. The van der Waals surface area contributed by atoms with Gasteiger partial charge in [-0.3, -0.25) is 0 Å². The molecule has 3 aliphatic rings. The molecule has 0 aromatic heterocycles. The van der Waals surface area contributed by atoms with E-state index in [2.05, 4.69) is 229 Å². The smallest absolute Gasteiger partial charge is 0.135 e. The van der Waals surface area contributed by atoms with E-state index in [4.69, 9.17) is 4.74 Å². The zero-order valence-corrected chi connectivity index (χ0v) is 39.0. The normalized spacial score (nSPS) is 15.4. The molecule has 0 fully saturated rings. The first-order valence-electron chi connectivity index (χ1n) is 24.6. The van der Waals surface area contributed by atoms with E-state index in [0.717, 1.165) is 82.1 Å². The maximum absolute atomic E-state index is 6.56. The highest BCUT2D eigenvalue weighted by Crippen LogP contribution is 2.57. The predicted octanol–water partition coefficient (Wildman–Crippen LogP) is 17.9. The summed E-state index contributed by atoms with van der Waals surface area (Å²) in [6, 6.07) is 85.9. The number of rotatable bonds is 11. The van der Waals surface area contributed by atoms with Crippen LogP contribution in [0, 0.1) is 18.1 Å². The number of benzene rings is 8. The SMILES string of the molecule is c1c(-c2ccccc2Oc2ccccc2)cc2c(c#1)-c1ccc(N(c3ccc(C4=CC(C5=CCCC=C5)C=CCC4)cc3)c3cccc(-c4ccccc4)c3)cc1C2(c1ccccc1)c1ccccc1. The van der Waals surface area contributed by atoms with Gasteiger partial charge in [0.1, 0.15) is 11.5 Å². The lowest BCUT2D eigenvalue weighted by Gasteiger charge is -2.35. The molecule has 0 saturated heterocycles. The van der Waals surface area contributed by atoms with E-state index in [1.165, 1.54) is 44.5 Å². The van der Waals surface area contributed by atoms with Crippen LogP contribution in [0.4, 0.5) is 17.1 Å². The van der Waals surface area contributed by atoms with Crippen LogP contribution in [0.3, 0.4) is 0 Å². The van der Waals surface area contributed by atoms with Gasteiger partial charge in [-0.1, -0.05) is 200 Å². The summed E-state index contributed by atoms with van der Waals surface area (Å²) in [6.07, 6.45) is 18.6. The third kappa shape index (κ3) is 7.96. The number of ether oxygens (including phenoxy) is 1. The Morgan fingerprint density at radius 2 is 1.16 bits per heavy atom. The second-order valence-electron chi connectivity index (χ2n) is 18.4. The fourth-order valence-corrected chi connectivity index (χ4v) is 10.9. The Labute approximate surface area is 412 Å². The van der Waals surface area contributed by atoms with Gasteiger partial charge in [-0.15, -0.1) is 0 Å².